The molecule has 1 aliphatic heterocycles. The van der Waals surface area contributed by atoms with Crippen LogP contribution in [0.25, 0.3) is 6.08 Å². The van der Waals surface area contributed by atoms with Gasteiger partial charge < -0.3 is 14.8 Å². The number of hydrogen-bond donors (Lipinski definition) is 1. The molecule has 3 aromatic carbocycles. The minimum atomic E-state index is -0.448. The number of ether oxygens (including phenoxy) is 2. The third kappa shape index (κ3) is 6.20. The van der Waals surface area contributed by atoms with Crippen molar-refractivity contribution >= 4 is 56.5 Å². The van der Waals surface area contributed by atoms with Crippen LogP contribution in [0.1, 0.15) is 16.7 Å². The van der Waals surface area contributed by atoms with Crippen LogP contribution in [0.2, 0.25) is 0 Å². The van der Waals surface area contributed by atoms with Gasteiger partial charge in [-0.2, -0.15) is 5.26 Å². The fourth-order valence-corrected chi connectivity index (χ4v) is 4.96. The van der Waals surface area contributed by atoms with Gasteiger partial charge in [0.15, 0.2) is 18.1 Å². The van der Waals surface area contributed by atoms with Gasteiger partial charge in [0.2, 0.25) is 0 Å². The number of hydrogen-bond acceptors (Lipinski definition) is 7. The Bertz CT molecular complexity index is 1440. The van der Waals surface area contributed by atoms with E-state index < -0.39 is 11.1 Å². The van der Waals surface area contributed by atoms with E-state index in [9.17, 15) is 19.6 Å². The van der Waals surface area contributed by atoms with E-state index in [4.69, 9.17) is 9.47 Å². The Kier molecular flexibility index (Phi) is 8.28. The molecule has 3 amide bonds. The van der Waals surface area contributed by atoms with Gasteiger partial charge in [0, 0.05) is 5.69 Å². The van der Waals surface area contributed by atoms with Gasteiger partial charge in [0.25, 0.3) is 17.1 Å². The number of amides is 3. The number of anilines is 1. The molecule has 0 radical (unpaired) electrons. The van der Waals surface area contributed by atoms with Gasteiger partial charge in [-0.1, -0.05) is 36.4 Å². The maximum atomic E-state index is 13.0. The Balaban J connectivity index is 1.49. The van der Waals surface area contributed by atoms with Crippen LogP contribution in [0.4, 0.5) is 10.5 Å². The number of rotatable bonds is 8. The number of imide groups is 1. The van der Waals surface area contributed by atoms with Gasteiger partial charge in [-0.25, -0.2) is 0 Å². The van der Waals surface area contributed by atoms with E-state index >= 15 is 0 Å². The van der Waals surface area contributed by atoms with Crippen molar-refractivity contribution in [3.63, 3.8) is 0 Å². The lowest BCUT2D eigenvalue weighted by molar-refractivity contribution is -0.123. The minimum Gasteiger partial charge on any atom is -0.493 e. The molecule has 1 heterocycles. The third-order valence-corrected chi connectivity index (χ3v) is 6.79. The number of benzene rings is 3. The summed E-state index contributed by atoms with van der Waals surface area (Å²) < 4.78 is 11.6. The summed E-state index contributed by atoms with van der Waals surface area (Å²) in [5.74, 6) is -0.119. The van der Waals surface area contributed by atoms with Crippen molar-refractivity contribution in [1.82, 2.24) is 4.90 Å². The zero-order valence-electron chi connectivity index (χ0n) is 19.6. The molecule has 1 N–H and O–H groups in total. The van der Waals surface area contributed by atoms with E-state index in [0.717, 1.165) is 16.7 Å². The summed E-state index contributed by atoms with van der Waals surface area (Å²) >= 11 is 4.26. The quantitative estimate of drug-likeness (QED) is 0.348. The van der Waals surface area contributed by atoms with Gasteiger partial charge in [-0.05, 0) is 75.2 Å². The van der Waals surface area contributed by atoms with Crippen molar-refractivity contribution < 1.29 is 23.9 Å². The van der Waals surface area contributed by atoms with Crippen molar-refractivity contribution in [2.24, 2.45) is 0 Å². The lowest BCUT2D eigenvalue weighted by Crippen LogP contribution is -2.27. The predicted molar refractivity (Wildman–Crippen MR) is 144 cm³/mol. The summed E-state index contributed by atoms with van der Waals surface area (Å²) in [5, 5.41) is 11.6. The molecule has 186 valence electrons. The van der Waals surface area contributed by atoms with Gasteiger partial charge in [0.05, 0.1) is 34.7 Å². The Morgan fingerprint density at radius 1 is 1.14 bits per heavy atom. The van der Waals surface area contributed by atoms with Crippen LogP contribution in [0.15, 0.2) is 76.1 Å². The van der Waals surface area contributed by atoms with Crippen LogP contribution in [0.3, 0.4) is 0 Å². The highest BCUT2D eigenvalue weighted by Gasteiger charge is 2.35. The van der Waals surface area contributed by atoms with E-state index in [-0.39, 0.29) is 24.0 Å². The van der Waals surface area contributed by atoms with Crippen LogP contribution in [0.5, 0.6) is 11.5 Å². The number of carbonyl (C=O) groups excluding carboxylic acids is 3. The standard InChI is InChI=1S/C27H20BrN3O5S/c1-35-22-12-17(11-21(28)25(22)36-16-24(32)30-20-9-3-2-4-10-20)13-23-26(33)31(27(34)37-23)15-19-8-6-5-7-18(19)14-29/h2-13H,15-16H2,1H3,(H,30,32)/b23-13+. The lowest BCUT2D eigenvalue weighted by atomic mass is 10.1. The van der Waals surface area contributed by atoms with Crippen LogP contribution in [-0.2, 0) is 16.1 Å². The highest BCUT2D eigenvalue weighted by Crippen LogP contribution is 2.39. The van der Waals surface area contributed by atoms with Crippen LogP contribution < -0.4 is 14.8 Å². The normalized spacial score (nSPS) is 14.0. The Labute approximate surface area is 226 Å². The average Bonchev–Trinajstić information content (AvgIpc) is 3.15. The largest absolute Gasteiger partial charge is 0.493 e. The number of nitrogens with one attached hydrogen (secondary N) is 1. The molecule has 0 aliphatic carbocycles. The molecule has 8 nitrogen and oxygen atoms in total. The molecular weight excluding hydrogens is 558 g/mol. The first-order valence-corrected chi connectivity index (χ1v) is 12.6. The number of para-hydroxylation sites is 1. The lowest BCUT2D eigenvalue weighted by Gasteiger charge is -2.14. The molecule has 0 atom stereocenters. The molecule has 0 aromatic heterocycles. The Hall–Kier alpha value is -4.07. The van der Waals surface area contributed by atoms with E-state index in [1.165, 1.54) is 7.11 Å². The zero-order valence-corrected chi connectivity index (χ0v) is 22.0. The zero-order chi connectivity index (χ0) is 26.4. The first-order valence-electron chi connectivity index (χ1n) is 11.0. The molecule has 1 aliphatic rings. The van der Waals surface area contributed by atoms with E-state index in [1.807, 2.05) is 18.2 Å². The van der Waals surface area contributed by atoms with Crippen molar-refractivity contribution in [1.29, 1.82) is 5.26 Å². The number of methoxy groups -OCH3 is 1. The fraction of sp³-hybridized carbons (Fsp3) is 0.111. The fourth-order valence-electron chi connectivity index (χ4n) is 3.54. The molecule has 37 heavy (non-hydrogen) atoms. The number of nitrogens with zero attached hydrogens (tertiary/aromatic N) is 2. The van der Waals surface area contributed by atoms with Crippen molar-refractivity contribution in [3.05, 3.63) is 92.8 Å². The first kappa shape index (κ1) is 26.0. The Morgan fingerprint density at radius 3 is 2.59 bits per heavy atom. The molecule has 3 aromatic rings. The molecule has 0 saturated carbocycles. The summed E-state index contributed by atoms with van der Waals surface area (Å²) in [6, 6.07) is 21.3. The van der Waals surface area contributed by atoms with Crippen LogP contribution in [0, 0.1) is 11.3 Å². The maximum Gasteiger partial charge on any atom is 0.293 e. The SMILES string of the molecule is COc1cc(/C=C2/SC(=O)N(Cc3ccccc3C#N)C2=O)cc(Br)c1OCC(=O)Nc1ccccc1. The van der Waals surface area contributed by atoms with Gasteiger partial charge >= 0.3 is 0 Å². The van der Waals surface area contributed by atoms with Gasteiger partial charge in [0.1, 0.15) is 0 Å². The van der Waals surface area contributed by atoms with E-state index in [0.29, 0.717) is 38.3 Å². The number of thioether (sulfide) groups is 1. The highest BCUT2D eigenvalue weighted by molar-refractivity contribution is 9.10. The minimum absolute atomic E-state index is 0.0105. The van der Waals surface area contributed by atoms with Gasteiger partial charge in [-0.15, -0.1) is 0 Å². The van der Waals surface area contributed by atoms with Crippen molar-refractivity contribution in [2.75, 3.05) is 19.0 Å². The molecule has 1 saturated heterocycles. The van der Waals surface area contributed by atoms with Crippen LogP contribution in [-0.4, -0.2) is 35.7 Å². The molecule has 10 heteroatoms. The molecule has 4 rings (SSSR count). The second-order valence-corrected chi connectivity index (χ2v) is 9.62. The number of halogens is 1. The maximum absolute atomic E-state index is 13.0. The average molecular weight is 578 g/mol. The molecule has 0 unspecified atom stereocenters. The van der Waals surface area contributed by atoms with Crippen LogP contribution >= 0.6 is 27.7 Å². The predicted octanol–water partition coefficient (Wildman–Crippen LogP) is 5.58. The summed E-state index contributed by atoms with van der Waals surface area (Å²) in [5.41, 5.74) is 2.25. The summed E-state index contributed by atoms with van der Waals surface area (Å²) in [4.78, 5) is 39.2. The molecular formula is C27H20BrN3O5S. The summed E-state index contributed by atoms with van der Waals surface area (Å²) in [7, 11) is 1.46. The number of nitriles is 1. The van der Waals surface area contributed by atoms with E-state index in [1.54, 1.807) is 54.6 Å². The Morgan fingerprint density at radius 2 is 1.86 bits per heavy atom. The third-order valence-electron chi connectivity index (χ3n) is 5.29. The summed E-state index contributed by atoms with van der Waals surface area (Å²) in [6.07, 6.45) is 1.58. The molecule has 1 fully saturated rings. The smallest absolute Gasteiger partial charge is 0.293 e. The first-order chi connectivity index (χ1) is 17.9. The number of carbonyl (C=O) groups is 3. The van der Waals surface area contributed by atoms with E-state index in [2.05, 4.69) is 27.3 Å². The monoisotopic (exact) mass is 577 g/mol. The van der Waals surface area contributed by atoms with Gasteiger partial charge in [-0.3, -0.25) is 19.3 Å². The molecule has 0 bridgehead atoms. The highest BCUT2D eigenvalue weighted by atomic mass is 79.9. The second kappa shape index (κ2) is 11.8. The summed E-state index contributed by atoms with van der Waals surface area (Å²) in [6.45, 7) is -0.233. The second-order valence-electron chi connectivity index (χ2n) is 7.77. The topological polar surface area (TPSA) is 109 Å². The molecule has 0 spiro atoms. The van der Waals surface area contributed by atoms with Crippen molar-refractivity contribution in [2.45, 2.75) is 6.54 Å². The van der Waals surface area contributed by atoms with Crippen molar-refractivity contribution in [3.8, 4) is 17.6 Å².